The highest BCUT2D eigenvalue weighted by Gasteiger charge is 2.05. The van der Waals surface area contributed by atoms with Crippen molar-refractivity contribution in [2.24, 2.45) is 4.99 Å². The number of unbranched alkanes of at least 4 members (excludes halogenated alkanes) is 1. The fourth-order valence-corrected chi connectivity index (χ4v) is 3.14. The first kappa shape index (κ1) is 18.0. The molecule has 1 aromatic carbocycles. The number of nitrogens with zero attached hydrogens (tertiary/aromatic N) is 1. The number of aromatic amines is 1. The molecule has 0 amide bonds. The van der Waals surface area contributed by atoms with Crippen molar-refractivity contribution < 1.29 is 0 Å². The number of thioether (sulfide) groups is 1. The predicted molar refractivity (Wildman–Crippen MR) is 104 cm³/mol. The highest BCUT2D eigenvalue weighted by molar-refractivity contribution is 7.98. The molecule has 0 unspecified atom stereocenters. The Bertz CT molecular complexity index is 639. The molecular weight excluding hydrogens is 328 g/mol. The number of hydrogen-bond acceptors (Lipinski definition) is 2. The minimum absolute atomic E-state index is 0.772. The van der Waals surface area contributed by atoms with E-state index in [1.807, 2.05) is 37.0 Å². The topological polar surface area (TPSA) is 52.2 Å². The molecule has 126 valence electrons. The summed E-state index contributed by atoms with van der Waals surface area (Å²) in [4.78, 5) is 7.55. The van der Waals surface area contributed by atoms with E-state index < -0.39 is 0 Å². The number of guanidine groups is 1. The van der Waals surface area contributed by atoms with Gasteiger partial charge in [-0.15, -0.1) is 0 Å². The molecular formula is C17H25ClN4S. The second-order valence-electron chi connectivity index (χ2n) is 5.38. The van der Waals surface area contributed by atoms with E-state index in [0.29, 0.717) is 0 Å². The van der Waals surface area contributed by atoms with Crippen LogP contribution in [0.25, 0.3) is 10.9 Å². The van der Waals surface area contributed by atoms with Crippen LogP contribution in [0.4, 0.5) is 0 Å². The lowest BCUT2D eigenvalue weighted by atomic mass is 10.1. The molecule has 0 aliphatic rings. The lowest BCUT2D eigenvalue weighted by Crippen LogP contribution is -2.38. The molecule has 0 fully saturated rings. The highest BCUT2D eigenvalue weighted by Crippen LogP contribution is 2.22. The molecule has 0 saturated carbocycles. The van der Waals surface area contributed by atoms with Gasteiger partial charge in [-0.25, -0.2) is 0 Å². The minimum atomic E-state index is 0.772. The maximum atomic E-state index is 6.09. The Morgan fingerprint density at radius 3 is 2.87 bits per heavy atom. The Morgan fingerprint density at radius 2 is 2.09 bits per heavy atom. The average Bonchev–Trinajstić information content (AvgIpc) is 2.95. The monoisotopic (exact) mass is 352 g/mol. The molecule has 0 aliphatic carbocycles. The first-order valence-electron chi connectivity index (χ1n) is 7.93. The van der Waals surface area contributed by atoms with Crippen molar-refractivity contribution in [2.45, 2.75) is 19.3 Å². The van der Waals surface area contributed by atoms with E-state index in [9.17, 15) is 0 Å². The van der Waals surface area contributed by atoms with E-state index >= 15 is 0 Å². The van der Waals surface area contributed by atoms with Crippen molar-refractivity contribution in [3.05, 3.63) is 35.0 Å². The maximum Gasteiger partial charge on any atom is 0.190 e. The van der Waals surface area contributed by atoms with Gasteiger partial charge in [-0.05, 0) is 55.0 Å². The van der Waals surface area contributed by atoms with Crippen LogP contribution in [-0.4, -0.2) is 43.1 Å². The SMILES string of the molecule is CN=C(NCCCCSC)NCCc1c[nH]c2ccc(Cl)cc12. The van der Waals surface area contributed by atoms with Gasteiger partial charge in [0.1, 0.15) is 0 Å². The molecule has 1 aromatic heterocycles. The Morgan fingerprint density at radius 1 is 1.26 bits per heavy atom. The number of H-pyrrole nitrogens is 1. The fourth-order valence-electron chi connectivity index (χ4n) is 2.47. The minimum Gasteiger partial charge on any atom is -0.361 e. The fraction of sp³-hybridized carbons (Fsp3) is 0.471. The molecule has 4 nitrogen and oxygen atoms in total. The zero-order valence-corrected chi connectivity index (χ0v) is 15.4. The van der Waals surface area contributed by atoms with E-state index in [-0.39, 0.29) is 0 Å². The van der Waals surface area contributed by atoms with Crippen LogP contribution in [0.15, 0.2) is 29.4 Å². The zero-order valence-electron chi connectivity index (χ0n) is 13.8. The molecule has 0 spiro atoms. The van der Waals surface area contributed by atoms with Crippen LogP contribution in [-0.2, 0) is 6.42 Å². The van der Waals surface area contributed by atoms with Crippen molar-refractivity contribution in [1.29, 1.82) is 0 Å². The Hall–Kier alpha value is -1.33. The van der Waals surface area contributed by atoms with E-state index in [2.05, 4.69) is 33.1 Å². The highest BCUT2D eigenvalue weighted by atomic mass is 35.5. The van der Waals surface area contributed by atoms with Crippen LogP contribution in [0.5, 0.6) is 0 Å². The van der Waals surface area contributed by atoms with Gasteiger partial charge in [0.2, 0.25) is 0 Å². The number of nitrogens with one attached hydrogen (secondary N) is 3. The third-order valence-electron chi connectivity index (χ3n) is 3.71. The lowest BCUT2D eigenvalue weighted by molar-refractivity contribution is 0.731. The molecule has 0 aliphatic heterocycles. The summed E-state index contributed by atoms with van der Waals surface area (Å²) in [7, 11) is 1.81. The van der Waals surface area contributed by atoms with Gasteiger partial charge in [0.25, 0.3) is 0 Å². The van der Waals surface area contributed by atoms with Gasteiger partial charge in [-0.3, -0.25) is 4.99 Å². The standard InChI is InChI=1S/C17H25ClN4S/c1-19-17(20-8-3-4-10-23-2)21-9-7-13-12-22-16-6-5-14(18)11-15(13)16/h5-6,11-12,22H,3-4,7-10H2,1-2H3,(H2,19,20,21). The van der Waals surface area contributed by atoms with Crippen LogP contribution in [0, 0.1) is 0 Å². The summed E-state index contributed by atoms with van der Waals surface area (Å²) in [6.07, 6.45) is 7.53. The van der Waals surface area contributed by atoms with Crippen molar-refractivity contribution in [3.8, 4) is 0 Å². The number of aliphatic imine (C=N–C) groups is 1. The summed E-state index contributed by atoms with van der Waals surface area (Å²) in [5, 5.41) is 8.69. The Labute approximate surface area is 147 Å². The summed E-state index contributed by atoms with van der Waals surface area (Å²) in [5.41, 5.74) is 2.39. The van der Waals surface area contributed by atoms with Gasteiger partial charge in [0, 0.05) is 42.3 Å². The second-order valence-corrected chi connectivity index (χ2v) is 6.80. The third-order valence-corrected chi connectivity index (χ3v) is 4.64. The molecule has 3 N–H and O–H groups in total. The average molecular weight is 353 g/mol. The molecule has 6 heteroatoms. The molecule has 1 heterocycles. The number of fused-ring (bicyclic) bond motifs is 1. The molecule has 0 atom stereocenters. The van der Waals surface area contributed by atoms with Crippen molar-refractivity contribution in [1.82, 2.24) is 15.6 Å². The van der Waals surface area contributed by atoms with E-state index in [4.69, 9.17) is 11.6 Å². The van der Waals surface area contributed by atoms with Crippen molar-refractivity contribution >= 4 is 40.2 Å². The number of halogens is 1. The van der Waals surface area contributed by atoms with E-state index in [0.717, 1.165) is 36.0 Å². The zero-order chi connectivity index (χ0) is 16.5. The first-order chi connectivity index (χ1) is 11.2. The number of hydrogen-bond donors (Lipinski definition) is 3. The summed E-state index contributed by atoms with van der Waals surface area (Å²) in [6.45, 7) is 1.80. The summed E-state index contributed by atoms with van der Waals surface area (Å²) >= 11 is 7.98. The Kier molecular flexibility index (Phi) is 7.62. The van der Waals surface area contributed by atoms with Gasteiger partial charge in [-0.1, -0.05) is 11.6 Å². The van der Waals surface area contributed by atoms with Crippen LogP contribution in [0.3, 0.4) is 0 Å². The predicted octanol–water partition coefficient (Wildman–Crippen LogP) is 3.67. The summed E-state index contributed by atoms with van der Waals surface area (Å²) < 4.78 is 0. The normalized spacial score (nSPS) is 11.9. The molecule has 0 radical (unpaired) electrons. The van der Waals surface area contributed by atoms with Gasteiger partial charge in [0.15, 0.2) is 5.96 Å². The first-order valence-corrected chi connectivity index (χ1v) is 9.70. The molecule has 2 aromatic rings. The number of rotatable bonds is 8. The quantitative estimate of drug-likeness (QED) is 0.386. The molecule has 2 rings (SSSR count). The van der Waals surface area contributed by atoms with E-state index in [1.165, 1.54) is 29.5 Å². The van der Waals surface area contributed by atoms with Crippen LogP contribution < -0.4 is 10.6 Å². The van der Waals surface area contributed by atoms with Crippen LogP contribution >= 0.6 is 23.4 Å². The third kappa shape index (κ3) is 5.66. The molecule has 0 saturated heterocycles. The number of benzene rings is 1. The Balaban J connectivity index is 1.77. The largest absolute Gasteiger partial charge is 0.361 e. The van der Waals surface area contributed by atoms with E-state index in [1.54, 1.807) is 0 Å². The van der Waals surface area contributed by atoms with Crippen molar-refractivity contribution in [3.63, 3.8) is 0 Å². The smallest absolute Gasteiger partial charge is 0.190 e. The molecule has 23 heavy (non-hydrogen) atoms. The lowest BCUT2D eigenvalue weighted by Gasteiger charge is -2.11. The van der Waals surface area contributed by atoms with Crippen LogP contribution in [0.2, 0.25) is 5.02 Å². The maximum absolute atomic E-state index is 6.09. The van der Waals surface area contributed by atoms with Gasteiger partial charge >= 0.3 is 0 Å². The van der Waals surface area contributed by atoms with Gasteiger partial charge in [0.05, 0.1) is 0 Å². The van der Waals surface area contributed by atoms with Gasteiger partial charge < -0.3 is 15.6 Å². The van der Waals surface area contributed by atoms with Gasteiger partial charge in [-0.2, -0.15) is 11.8 Å². The van der Waals surface area contributed by atoms with Crippen LogP contribution in [0.1, 0.15) is 18.4 Å². The molecule has 0 bridgehead atoms. The second kappa shape index (κ2) is 9.73. The number of aromatic nitrogens is 1. The summed E-state index contributed by atoms with van der Waals surface area (Å²) in [6, 6.07) is 5.94. The van der Waals surface area contributed by atoms with Crippen molar-refractivity contribution in [2.75, 3.05) is 32.1 Å². The summed E-state index contributed by atoms with van der Waals surface area (Å²) in [5.74, 6) is 2.09.